The second-order valence-corrected chi connectivity index (χ2v) is 4.98. The van der Waals surface area contributed by atoms with Gasteiger partial charge in [0, 0.05) is 11.6 Å². The number of nitrogens with one attached hydrogen (secondary N) is 3. The maximum absolute atomic E-state index is 12.7. The normalized spacial score (nSPS) is 16.1. The van der Waals surface area contributed by atoms with Crippen LogP contribution in [0.4, 0.5) is 10.1 Å². The van der Waals surface area contributed by atoms with Crippen LogP contribution in [-0.2, 0) is 9.59 Å². The number of benzene rings is 1. The fraction of sp³-hybridized carbons (Fsp3) is 0.429. The van der Waals surface area contributed by atoms with Crippen molar-refractivity contribution in [1.29, 1.82) is 0 Å². The second-order valence-electron chi connectivity index (χ2n) is 4.98. The molecule has 1 aromatic rings. The Balaban J connectivity index is 1.74. The SMILES string of the molecule is CC(C(=O)NCC(=O)Nc1ccc(F)cc1)C1CNC1. The molecule has 2 amide bonds. The summed E-state index contributed by atoms with van der Waals surface area (Å²) in [5, 5.41) is 8.31. The Morgan fingerprint density at radius 3 is 2.55 bits per heavy atom. The van der Waals surface area contributed by atoms with Crippen molar-refractivity contribution in [2.24, 2.45) is 11.8 Å². The molecule has 0 saturated carbocycles. The highest BCUT2D eigenvalue weighted by Gasteiger charge is 2.28. The van der Waals surface area contributed by atoms with Crippen LogP contribution in [0.2, 0.25) is 0 Å². The third-order valence-corrected chi connectivity index (χ3v) is 3.48. The van der Waals surface area contributed by atoms with Gasteiger partial charge in [-0.15, -0.1) is 0 Å². The van der Waals surface area contributed by atoms with E-state index in [0.29, 0.717) is 11.6 Å². The zero-order valence-corrected chi connectivity index (χ0v) is 11.3. The zero-order valence-electron chi connectivity index (χ0n) is 11.3. The minimum absolute atomic E-state index is 0.0826. The van der Waals surface area contributed by atoms with E-state index in [1.54, 1.807) is 0 Å². The van der Waals surface area contributed by atoms with E-state index < -0.39 is 0 Å². The molecule has 6 heteroatoms. The van der Waals surface area contributed by atoms with Crippen molar-refractivity contribution in [3.05, 3.63) is 30.1 Å². The molecule has 1 fully saturated rings. The van der Waals surface area contributed by atoms with Crippen molar-refractivity contribution in [1.82, 2.24) is 10.6 Å². The van der Waals surface area contributed by atoms with E-state index in [1.807, 2.05) is 6.92 Å². The van der Waals surface area contributed by atoms with Crippen molar-refractivity contribution in [2.45, 2.75) is 6.92 Å². The number of carbonyl (C=O) groups is 2. The van der Waals surface area contributed by atoms with Crippen LogP contribution in [-0.4, -0.2) is 31.4 Å². The van der Waals surface area contributed by atoms with Crippen LogP contribution in [0.25, 0.3) is 0 Å². The molecule has 3 N–H and O–H groups in total. The van der Waals surface area contributed by atoms with Crippen LogP contribution in [0, 0.1) is 17.7 Å². The number of hydrogen-bond donors (Lipinski definition) is 3. The molecular weight excluding hydrogens is 261 g/mol. The van der Waals surface area contributed by atoms with Gasteiger partial charge >= 0.3 is 0 Å². The number of carbonyl (C=O) groups excluding carboxylic acids is 2. The summed E-state index contributed by atoms with van der Waals surface area (Å²) in [6.07, 6.45) is 0. The van der Waals surface area contributed by atoms with Gasteiger partial charge in [0.2, 0.25) is 11.8 Å². The quantitative estimate of drug-likeness (QED) is 0.744. The number of anilines is 1. The van der Waals surface area contributed by atoms with Gasteiger partial charge in [0.15, 0.2) is 0 Å². The highest BCUT2D eigenvalue weighted by atomic mass is 19.1. The monoisotopic (exact) mass is 279 g/mol. The zero-order chi connectivity index (χ0) is 14.5. The molecule has 108 valence electrons. The van der Waals surface area contributed by atoms with Crippen molar-refractivity contribution < 1.29 is 14.0 Å². The highest BCUT2D eigenvalue weighted by molar-refractivity contribution is 5.94. The van der Waals surface area contributed by atoms with Crippen LogP contribution in [0.15, 0.2) is 24.3 Å². The van der Waals surface area contributed by atoms with Gasteiger partial charge in [-0.2, -0.15) is 0 Å². The van der Waals surface area contributed by atoms with E-state index in [0.717, 1.165) is 13.1 Å². The number of amides is 2. The maximum atomic E-state index is 12.7. The van der Waals surface area contributed by atoms with Gasteiger partial charge in [-0.25, -0.2) is 4.39 Å². The third kappa shape index (κ3) is 3.77. The average Bonchev–Trinajstić information content (AvgIpc) is 2.36. The van der Waals surface area contributed by atoms with Gasteiger partial charge < -0.3 is 16.0 Å². The summed E-state index contributed by atoms with van der Waals surface area (Å²) in [5.41, 5.74) is 0.502. The fourth-order valence-corrected chi connectivity index (χ4v) is 1.95. The molecule has 1 saturated heterocycles. The van der Waals surface area contributed by atoms with Gasteiger partial charge in [0.05, 0.1) is 6.54 Å². The van der Waals surface area contributed by atoms with E-state index >= 15 is 0 Å². The first kappa shape index (κ1) is 14.5. The number of rotatable bonds is 5. The van der Waals surface area contributed by atoms with Gasteiger partial charge in [-0.3, -0.25) is 9.59 Å². The molecule has 1 aromatic carbocycles. The predicted molar refractivity (Wildman–Crippen MR) is 73.6 cm³/mol. The summed E-state index contributed by atoms with van der Waals surface area (Å²) >= 11 is 0. The molecule has 0 spiro atoms. The van der Waals surface area contributed by atoms with Crippen LogP contribution in [0.5, 0.6) is 0 Å². The Morgan fingerprint density at radius 2 is 2.00 bits per heavy atom. The van der Waals surface area contributed by atoms with Crippen LogP contribution >= 0.6 is 0 Å². The van der Waals surface area contributed by atoms with Crippen molar-refractivity contribution in [2.75, 3.05) is 25.0 Å². The minimum Gasteiger partial charge on any atom is -0.347 e. The lowest BCUT2D eigenvalue weighted by Crippen LogP contribution is -2.50. The molecule has 0 aliphatic carbocycles. The van der Waals surface area contributed by atoms with E-state index in [4.69, 9.17) is 0 Å². The largest absolute Gasteiger partial charge is 0.347 e. The van der Waals surface area contributed by atoms with E-state index in [-0.39, 0.29) is 30.1 Å². The Bertz CT molecular complexity index is 486. The average molecular weight is 279 g/mol. The topological polar surface area (TPSA) is 70.2 Å². The van der Waals surface area contributed by atoms with Crippen molar-refractivity contribution in [3.8, 4) is 0 Å². The Hall–Kier alpha value is -1.95. The first-order chi connectivity index (χ1) is 9.56. The molecule has 2 rings (SSSR count). The summed E-state index contributed by atoms with van der Waals surface area (Å²) in [4.78, 5) is 23.5. The highest BCUT2D eigenvalue weighted by Crippen LogP contribution is 2.15. The van der Waals surface area contributed by atoms with Crippen LogP contribution in [0.3, 0.4) is 0 Å². The molecule has 20 heavy (non-hydrogen) atoms. The predicted octanol–water partition coefficient (Wildman–Crippen LogP) is 0.736. The number of halogens is 1. The molecule has 1 heterocycles. The molecule has 0 aromatic heterocycles. The maximum Gasteiger partial charge on any atom is 0.243 e. The summed E-state index contributed by atoms with van der Waals surface area (Å²) in [6, 6.07) is 5.47. The molecular formula is C14H18FN3O2. The molecule has 1 aliphatic heterocycles. The summed E-state index contributed by atoms with van der Waals surface area (Å²) in [7, 11) is 0. The lowest BCUT2D eigenvalue weighted by Gasteiger charge is -2.31. The third-order valence-electron chi connectivity index (χ3n) is 3.48. The van der Waals surface area contributed by atoms with E-state index in [2.05, 4.69) is 16.0 Å². The second kappa shape index (κ2) is 6.47. The molecule has 1 atom stereocenters. The number of hydrogen-bond acceptors (Lipinski definition) is 3. The van der Waals surface area contributed by atoms with E-state index in [9.17, 15) is 14.0 Å². The Morgan fingerprint density at radius 1 is 1.35 bits per heavy atom. The van der Waals surface area contributed by atoms with Gasteiger partial charge in [0.25, 0.3) is 0 Å². The first-order valence-corrected chi connectivity index (χ1v) is 6.60. The lowest BCUT2D eigenvalue weighted by atomic mass is 9.88. The van der Waals surface area contributed by atoms with Gasteiger partial charge in [0.1, 0.15) is 5.82 Å². The van der Waals surface area contributed by atoms with Crippen LogP contribution in [0.1, 0.15) is 6.92 Å². The lowest BCUT2D eigenvalue weighted by molar-refractivity contribution is -0.128. The Kier molecular flexibility index (Phi) is 4.68. The van der Waals surface area contributed by atoms with E-state index in [1.165, 1.54) is 24.3 Å². The van der Waals surface area contributed by atoms with Crippen molar-refractivity contribution >= 4 is 17.5 Å². The summed E-state index contributed by atoms with van der Waals surface area (Å²) in [5.74, 6) is -0.570. The first-order valence-electron chi connectivity index (χ1n) is 6.60. The molecule has 1 aliphatic rings. The summed E-state index contributed by atoms with van der Waals surface area (Å²) in [6.45, 7) is 3.46. The molecule has 0 radical (unpaired) electrons. The van der Waals surface area contributed by atoms with Crippen molar-refractivity contribution in [3.63, 3.8) is 0 Å². The fourth-order valence-electron chi connectivity index (χ4n) is 1.95. The Labute approximate surface area is 116 Å². The van der Waals surface area contributed by atoms with Crippen LogP contribution < -0.4 is 16.0 Å². The summed E-state index contributed by atoms with van der Waals surface area (Å²) < 4.78 is 12.7. The van der Waals surface area contributed by atoms with Gasteiger partial charge in [-0.1, -0.05) is 6.92 Å². The standard InChI is InChI=1S/C14H18FN3O2/c1-9(10-6-16-7-10)14(20)17-8-13(19)18-12-4-2-11(15)3-5-12/h2-5,9-10,16H,6-8H2,1H3,(H,17,20)(H,18,19). The smallest absolute Gasteiger partial charge is 0.243 e. The van der Waals surface area contributed by atoms with Gasteiger partial charge in [-0.05, 0) is 43.3 Å². The molecule has 1 unspecified atom stereocenters. The minimum atomic E-state index is -0.362. The molecule has 5 nitrogen and oxygen atoms in total. The molecule has 0 bridgehead atoms.